The Balaban J connectivity index is 2.47. The number of carbonyl (C=O) groups excluding carboxylic acids is 1. The number of amides is 2. The second kappa shape index (κ2) is 5.41. The maximum atomic E-state index is 11.2. The van der Waals surface area contributed by atoms with Gasteiger partial charge in [-0.2, -0.15) is 0 Å². The summed E-state index contributed by atoms with van der Waals surface area (Å²) < 4.78 is 0. The molecule has 0 saturated heterocycles. The number of nitrogens with zero attached hydrogens (tertiary/aromatic N) is 1. The molecule has 0 aliphatic carbocycles. The fourth-order valence-electron chi connectivity index (χ4n) is 0.841. The Morgan fingerprint density at radius 1 is 1.33 bits per heavy atom. The van der Waals surface area contributed by atoms with Crippen molar-refractivity contribution in [3.63, 3.8) is 0 Å². The van der Waals surface area contributed by atoms with Crippen molar-refractivity contribution in [2.45, 2.75) is 4.90 Å². The van der Waals surface area contributed by atoms with Gasteiger partial charge in [0.05, 0.1) is 0 Å². The topological polar surface area (TPSA) is 56.2 Å². The highest BCUT2D eigenvalue weighted by Gasteiger charge is 2.06. The van der Waals surface area contributed by atoms with Gasteiger partial charge in [-0.15, -0.1) is 0 Å². The first-order valence-electron chi connectivity index (χ1n) is 4.39. The van der Waals surface area contributed by atoms with Gasteiger partial charge in [0.1, 0.15) is 0 Å². The largest absolute Gasteiger partial charge is 0.331 e. The van der Waals surface area contributed by atoms with Crippen molar-refractivity contribution in [1.29, 1.82) is 5.41 Å². The van der Waals surface area contributed by atoms with Crippen LogP contribution in [0, 0.1) is 5.41 Å². The summed E-state index contributed by atoms with van der Waals surface area (Å²) in [7, 11) is 3.27. The molecule has 80 valence electrons. The van der Waals surface area contributed by atoms with Gasteiger partial charge in [-0.25, -0.2) is 4.79 Å². The number of benzene rings is 1. The molecule has 0 atom stereocenters. The van der Waals surface area contributed by atoms with Crippen molar-refractivity contribution in [3.05, 3.63) is 30.3 Å². The molecule has 0 aromatic heterocycles. The maximum Gasteiger partial charge on any atom is 0.322 e. The first kappa shape index (κ1) is 11.6. The molecule has 0 saturated carbocycles. The highest BCUT2D eigenvalue weighted by Crippen LogP contribution is 2.16. The Morgan fingerprint density at radius 2 is 1.93 bits per heavy atom. The van der Waals surface area contributed by atoms with Crippen LogP contribution < -0.4 is 5.32 Å². The summed E-state index contributed by atoms with van der Waals surface area (Å²) in [5.74, 6) is 0. The maximum absolute atomic E-state index is 11.2. The first-order valence-corrected chi connectivity index (χ1v) is 5.21. The number of nitrogens with one attached hydrogen (secondary N) is 2. The third kappa shape index (κ3) is 4.03. The second-order valence-electron chi connectivity index (χ2n) is 3.07. The average molecular weight is 223 g/mol. The smallest absolute Gasteiger partial charge is 0.322 e. The number of thioether (sulfide) groups is 1. The standard InChI is InChI=1S/C10H13N3OS/c1-13(2)10(14)12-9(11)15-8-6-4-3-5-7-8/h3-7H,1-2H3,(H2,11,12,14). The number of carbonyl (C=O) groups is 1. The fraction of sp³-hybridized carbons (Fsp3) is 0.200. The SMILES string of the molecule is CN(C)C(=O)NC(=N)Sc1ccccc1. The van der Waals surface area contributed by atoms with Gasteiger partial charge < -0.3 is 4.90 Å². The van der Waals surface area contributed by atoms with Crippen LogP contribution in [0.15, 0.2) is 35.2 Å². The lowest BCUT2D eigenvalue weighted by Crippen LogP contribution is -2.36. The molecule has 0 radical (unpaired) electrons. The Morgan fingerprint density at radius 3 is 2.47 bits per heavy atom. The molecule has 1 rings (SSSR count). The molecule has 2 N–H and O–H groups in total. The van der Waals surface area contributed by atoms with Gasteiger partial charge in [0, 0.05) is 19.0 Å². The minimum absolute atomic E-state index is 0.125. The molecule has 0 bridgehead atoms. The summed E-state index contributed by atoms with van der Waals surface area (Å²) in [5.41, 5.74) is 0. The molecule has 0 unspecified atom stereocenters. The molecule has 0 aliphatic heterocycles. The van der Waals surface area contributed by atoms with E-state index in [1.807, 2.05) is 30.3 Å². The minimum Gasteiger partial charge on any atom is -0.331 e. The molecule has 2 amide bonds. The van der Waals surface area contributed by atoms with E-state index >= 15 is 0 Å². The number of rotatable bonds is 1. The van der Waals surface area contributed by atoms with Gasteiger partial charge >= 0.3 is 6.03 Å². The van der Waals surface area contributed by atoms with Crippen molar-refractivity contribution in [2.75, 3.05) is 14.1 Å². The van der Waals surface area contributed by atoms with Crippen molar-refractivity contribution in [2.24, 2.45) is 0 Å². The summed E-state index contributed by atoms with van der Waals surface area (Å²) in [6.07, 6.45) is 0. The van der Waals surface area contributed by atoms with Crippen LogP contribution in [0.5, 0.6) is 0 Å². The van der Waals surface area contributed by atoms with Crippen molar-refractivity contribution < 1.29 is 4.79 Å². The third-order valence-electron chi connectivity index (χ3n) is 1.59. The number of urea groups is 1. The number of hydrogen-bond acceptors (Lipinski definition) is 3. The lowest BCUT2D eigenvalue weighted by Gasteiger charge is -2.11. The zero-order valence-electron chi connectivity index (χ0n) is 8.65. The minimum atomic E-state index is -0.288. The number of hydrogen-bond donors (Lipinski definition) is 2. The van der Waals surface area contributed by atoms with E-state index < -0.39 is 0 Å². The van der Waals surface area contributed by atoms with Crippen molar-refractivity contribution in [1.82, 2.24) is 10.2 Å². The quantitative estimate of drug-likeness (QED) is 0.434. The van der Waals surface area contributed by atoms with Crippen LogP contribution >= 0.6 is 11.8 Å². The Labute approximate surface area is 93.2 Å². The molecule has 0 spiro atoms. The Bertz CT molecular complexity index is 351. The fourth-order valence-corrected chi connectivity index (χ4v) is 1.51. The van der Waals surface area contributed by atoms with Crippen LogP contribution in [0.25, 0.3) is 0 Å². The zero-order chi connectivity index (χ0) is 11.3. The van der Waals surface area contributed by atoms with Crippen LogP contribution in [-0.4, -0.2) is 30.2 Å². The van der Waals surface area contributed by atoms with Crippen LogP contribution in [0.3, 0.4) is 0 Å². The van der Waals surface area contributed by atoms with Gasteiger partial charge in [0.25, 0.3) is 0 Å². The predicted molar refractivity (Wildman–Crippen MR) is 62.2 cm³/mol. The molecule has 0 aliphatic rings. The lowest BCUT2D eigenvalue weighted by atomic mass is 10.4. The van der Waals surface area contributed by atoms with Crippen LogP contribution in [0.4, 0.5) is 4.79 Å². The van der Waals surface area contributed by atoms with E-state index in [2.05, 4.69) is 5.32 Å². The van der Waals surface area contributed by atoms with E-state index in [0.717, 1.165) is 4.90 Å². The molecule has 0 heterocycles. The molecule has 4 nitrogen and oxygen atoms in total. The third-order valence-corrected chi connectivity index (χ3v) is 2.40. The van der Waals surface area contributed by atoms with E-state index in [4.69, 9.17) is 5.41 Å². The van der Waals surface area contributed by atoms with Gasteiger partial charge in [-0.05, 0) is 12.1 Å². The highest BCUT2D eigenvalue weighted by atomic mass is 32.2. The highest BCUT2D eigenvalue weighted by molar-refractivity contribution is 8.13. The van der Waals surface area contributed by atoms with E-state index in [1.54, 1.807) is 14.1 Å². The molecule has 1 aromatic carbocycles. The zero-order valence-corrected chi connectivity index (χ0v) is 9.47. The van der Waals surface area contributed by atoms with Gasteiger partial charge in [0.2, 0.25) is 0 Å². The van der Waals surface area contributed by atoms with Crippen LogP contribution in [-0.2, 0) is 0 Å². The van der Waals surface area contributed by atoms with Crippen LogP contribution in [0.1, 0.15) is 0 Å². The summed E-state index contributed by atoms with van der Waals surface area (Å²) in [6.45, 7) is 0. The van der Waals surface area contributed by atoms with E-state index in [1.165, 1.54) is 16.7 Å². The molecule has 15 heavy (non-hydrogen) atoms. The molecular weight excluding hydrogens is 210 g/mol. The van der Waals surface area contributed by atoms with Gasteiger partial charge in [0.15, 0.2) is 5.17 Å². The Kier molecular flexibility index (Phi) is 4.17. The molecular formula is C10H13N3OS. The predicted octanol–water partition coefficient (Wildman–Crippen LogP) is 1.98. The Hall–Kier alpha value is -1.49. The van der Waals surface area contributed by atoms with Crippen molar-refractivity contribution in [3.8, 4) is 0 Å². The normalized spacial score (nSPS) is 9.47. The molecule has 0 fully saturated rings. The average Bonchev–Trinajstić information content (AvgIpc) is 2.18. The summed E-state index contributed by atoms with van der Waals surface area (Å²) >= 11 is 1.21. The van der Waals surface area contributed by atoms with Crippen molar-refractivity contribution >= 4 is 23.0 Å². The lowest BCUT2D eigenvalue weighted by molar-refractivity contribution is 0.222. The van der Waals surface area contributed by atoms with E-state index in [-0.39, 0.29) is 11.2 Å². The molecule has 5 heteroatoms. The van der Waals surface area contributed by atoms with E-state index in [9.17, 15) is 4.79 Å². The number of amidine groups is 1. The summed E-state index contributed by atoms with van der Waals surface area (Å²) in [6, 6.07) is 9.18. The van der Waals surface area contributed by atoms with E-state index in [0.29, 0.717) is 0 Å². The first-order chi connectivity index (χ1) is 7.09. The summed E-state index contributed by atoms with van der Waals surface area (Å²) in [5, 5.41) is 10.1. The monoisotopic (exact) mass is 223 g/mol. The van der Waals surface area contributed by atoms with Gasteiger partial charge in [-0.3, -0.25) is 10.7 Å². The summed E-state index contributed by atoms with van der Waals surface area (Å²) in [4.78, 5) is 13.5. The van der Waals surface area contributed by atoms with Gasteiger partial charge in [-0.1, -0.05) is 30.0 Å². The van der Waals surface area contributed by atoms with Crippen LogP contribution in [0.2, 0.25) is 0 Å². The molecule has 1 aromatic rings. The second-order valence-corrected chi connectivity index (χ2v) is 4.15.